The topological polar surface area (TPSA) is 24.1 Å². The zero-order valence-corrected chi connectivity index (χ0v) is 5.94. The van der Waals surface area contributed by atoms with E-state index >= 15 is 0 Å². The molecule has 0 bridgehead atoms. The first-order valence-corrected chi connectivity index (χ1v) is 3.45. The lowest BCUT2D eigenvalue weighted by molar-refractivity contribution is 0.860. The largest absolute Gasteiger partial charge is 0.321 e. The summed E-state index contributed by atoms with van der Waals surface area (Å²) in [5.74, 6) is 0. The van der Waals surface area contributed by atoms with E-state index in [-0.39, 0.29) is 0 Å². The fourth-order valence-electron chi connectivity index (χ4n) is 1.20. The summed E-state index contributed by atoms with van der Waals surface area (Å²) >= 11 is 0. The third-order valence-electron chi connectivity index (χ3n) is 1.77. The van der Waals surface area contributed by atoms with Crippen LogP contribution in [0.15, 0.2) is 18.2 Å². The van der Waals surface area contributed by atoms with Crippen molar-refractivity contribution in [2.75, 3.05) is 5.43 Å². The molecule has 0 unspecified atom stereocenters. The van der Waals surface area contributed by atoms with Gasteiger partial charge in [-0.25, -0.2) is 5.43 Å². The summed E-state index contributed by atoms with van der Waals surface area (Å²) in [7, 11) is 0. The molecule has 0 aromatic heterocycles. The molecule has 0 saturated heterocycles. The quantitative estimate of drug-likeness (QED) is 0.560. The summed E-state index contributed by atoms with van der Waals surface area (Å²) in [5.41, 5.74) is 10.0. The van der Waals surface area contributed by atoms with Gasteiger partial charge in [0.05, 0.1) is 5.69 Å². The lowest BCUT2D eigenvalue weighted by Gasteiger charge is -1.97. The SMILES string of the molecule is Cc1ccc2c(c1)NNC2. The average Bonchev–Trinajstić information content (AvgIpc) is 2.33. The van der Waals surface area contributed by atoms with Gasteiger partial charge in [-0.05, 0) is 24.1 Å². The second-order valence-electron chi connectivity index (χ2n) is 2.64. The van der Waals surface area contributed by atoms with E-state index in [4.69, 9.17) is 0 Å². The predicted octanol–water partition coefficient (Wildman–Crippen LogP) is 1.43. The molecule has 2 heteroatoms. The molecule has 2 rings (SSSR count). The smallest absolute Gasteiger partial charge is 0.0536 e. The van der Waals surface area contributed by atoms with Gasteiger partial charge in [0.25, 0.3) is 0 Å². The molecule has 1 aliphatic rings. The molecule has 0 fully saturated rings. The third kappa shape index (κ3) is 0.772. The van der Waals surface area contributed by atoms with Gasteiger partial charge in [0.1, 0.15) is 0 Å². The first-order valence-electron chi connectivity index (χ1n) is 3.45. The highest BCUT2D eigenvalue weighted by Crippen LogP contribution is 2.19. The number of hydrogen-bond acceptors (Lipinski definition) is 2. The van der Waals surface area contributed by atoms with Crippen LogP contribution in [0, 0.1) is 6.92 Å². The highest BCUT2D eigenvalue weighted by molar-refractivity contribution is 5.55. The number of aryl methyl sites for hydroxylation is 1. The van der Waals surface area contributed by atoms with E-state index in [1.165, 1.54) is 16.8 Å². The first kappa shape index (κ1) is 5.74. The Hall–Kier alpha value is -1.02. The number of hydrazine groups is 1. The van der Waals surface area contributed by atoms with E-state index < -0.39 is 0 Å². The zero-order chi connectivity index (χ0) is 6.97. The van der Waals surface area contributed by atoms with E-state index in [2.05, 4.69) is 36.0 Å². The summed E-state index contributed by atoms with van der Waals surface area (Å²) in [6, 6.07) is 6.43. The van der Waals surface area contributed by atoms with Crippen molar-refractivity contribution in [1.82, 2.24) is 5.43 Å². The molecule has 1 heterocycles. The third-order valence-corrected chi connectivity index (χ3v) is 1.77. The highest BCUT2D eigenvalue weighted by atomic mass is 15.4. The zero-order valence-electron chi connectivity index (χ0n) is 5.94. The molecule has 0 saturated carbocycles. The summed E-state index contributed by atoms with van der Waals surface area (Å²) in [6.45, 7) is 3.04. The van der Waals surface area contributed by atoms with Crippen LogP contribution < -0.4 is 10.9 Å². The average molecular weight is 134 g/mol. The van der Waals surface area contributed by atoms with E-state index in [1.807, 2.05) is 0 Å². The molecule has 52 valence electrons. The molecule has 0 spiro atoms. The van der Waals surface area contributed by atoms with Gasteiger partial charge in [-0.3, -0.25) is 0 Å². The van der Waals surface area contributed by atoms with Crippen LogP contribution in [-0.2, 0) is 6.54 Å². The molecule has 2 N–H and O–H groups in total. The molecule has 0 amide bonds. The maximum absolute atomic E-state index is 3.09. The fourth-order valence-corrected chi connectivity index (χ4v) is 1.20. The van der Waals surface area contributed by atoms with Gasteiger partial charge >= 0.3 is 0 Å². The van der Waals surface area contributed by atoms with Crippen molar-refractivity contribution in [2.24, 2.45) is 0 Å². The minimum absolute atomic E-state index is 0.940. The molecule has 0 aliphatic carbocycles. The second kappa shape index (κ2) is 1.99. The summed E-state index contributed by atoms with van der Waals surface area (Å²) < 4.78 is 0. The summed E-state index contributed by atoms with van der Waals surface area (Å²) in [4.78, 5) is 0. The number of nitrogens with one attached hydrogen (secondary N) is 2. The number of benzene rings is 1. The minimum Gasteiger partial charge on any atom is -0.321 e. The van der Waals surface area contributed by atoms with Crippen molar-refractivity contribution in [3.63, 3.8) is 0 Å². The Morgan fingerprint density at radius 3 is 3.20 bits per heavy atom. The van der Waals surface area contributed by atoms with Crippen LogP contribution >= 0.6 is 0 Å². The molecule has 0 atom stereocenters. The van der Waals surface area contributed by atoms with Gasteiger partial charge in [-0.2, -0.15) is 0 Å². The number of rotatable bonds is 0. The van der Waals surface area contributed by atoms with E-state index in [1.54, 1.807) is 0 Å². The Kier molecular flexibility index (Phi) is 1.14. The van der Waals surface area contributed by atoms with Crippen LogP contribution in [-0.4, -0.2) is 0 Å². The maximum atomic E-state index is 3.09. The Bertz CT molecular complexity index is 255. The van der Waals surface area contributed by atoms with Crippen molar-refractivity contribution in [1.29, 1.82) is 0 Å². The van der Waals surface area contributed by atoms with Crippen LogP contribution in [0.2, 0.25) is 0 Å². The molecule has 10 heavy (non-hydrogen) atoms. The second-order valence-corrected chi connectivity index (χ2v) is 2.64. The van der Waals surface area contributed by atoms with Crippen molar-refractivity contribution < 1.29 is 0 Å². The van der Waals surface area contributed by atoms with Crippen LogP contribution in [0.25, 0.3) is 0 Å². The van der Waals surface area contributed by atoms with E-state index in [0.717, 1.165) is 6.54 Å². The van der Waals surface area contributed by atoms with Crippen LogP contribution in [0.1, 0.15) is 11.1 Å². The monoisotopic (exact) mass is 134 g/mol. The molecule has 1 aliphatic heterocycles. The number of hydrogen-bond donors (Lipinski definition) is 2. The summed E-state index contributed by atoms with van der Waals surface area (Å²) in [6.07, 6.45) is 0. The Labute approximate surface area is 60.2 Å². The Morgan fingerprint density at radius 2 is 2.30 bits per heavy atom. The van der Waals surface area contributed by atoms with Crippen molar-refractivity contribution >= 4 is 5.69 Å². The minimum atomic E-state index is 0.940. The Balaban J connectivity index is 2.52. The van der Waals surface area contributed by atoms with Gasteiger partial charge < -0.3 is 5.43 Å². The maximum Gasteiger partial charge on any atom is 0.0536 e. The van der Waals surface area contributed by atoms with E-state index in [0.29, 0.717) is 0 Å². The first-order chi connectivity index (χ1) is 4.86. The van der Waals surface area contributed by atoms with Crippen LogP contribution in [0.4, 0.5) is 5.69 Å². The van der Waals surface area contributed by atoms with Gasteiger partial charge in [-0.15, -0.1) is 0 Å². The molecule has 2 nitrogen and oxygen atoms in total. The van der Waals surface area contributed by atoms with Gasteiger partial charge in [0.15, 0.2) is 0 Å². The van der Waals surface area contributed by atoms with Gasteiger partial charge in [-0.1, -0.05) is 12.1 Å². The van der Waals surface area contributed by atoms with Crippen LogP contribution in [0.5, 0.6) is 0 Å². The van der Waals surface area contributed by atoms with E-state index in [9.17, 15) is 0 Å². The van der Waals surface area contributed by atoms with Crippen molar-refractivity contribution in [3.8, 4) is 0 Å². The van der Waals surface area contributed by atoms with Crippen LogP contribution in [0.3, 0.4) is 0 Å². The van der Waals surface area contributed by atoms with Gasteiger partial charge in [0, 0.05) is 6.54 Å². The van der Waals surface area contributed by atoms with Crippen molar-refractivity contribution in [3.05, 3.63) is 29.3 Å². The fraction of sp³-hybridized carbons (Fsp3) is 0.250. The highest BCUT2D eigenvalue weighted by Gasteiger charge is 2.06. The molecule has 0 radical (unpaired) electrons. The molecular formula is C8H10N2. The molecule has 1 aromatic carbocycles. The van der Waals surface area contributed by atoms with Gasteiger partial charge in [0.2, 0.25) is 0 Å². The number of fused-ring (bicyclic) bond motifs is 1. The number of anilines is 1. The standard InChI is InChI=1S/C8H10N2/c1-6-2-3-7-5-9-10-8(7)4-6/h2-4,9-10H,5H2,1H3. The lowest BCUT2D eigenvalue weighted by atomic mass is 10.1. The molecule has 1 aromatic rings. The summed E-state index contributed by atoms with van der Waals surface area (Å²) in [5, 5.41) is 0. The molecular weight excluding hydrogens is 124 g/mol. The lowest BCUT2D eigenvalue weighted by Crippen LogP contribution is -2.10. The Morgan fingerprint density at radius 1 is 1.40 bits per heavy atom. The van der Waals surface area contributed by atoms with Crippen molar-refractivity contribution in [2.45, 2.75) is 13.5 Å². The predicted molar refractivity (Wildman–Crippen MR) is 41.6 cm³/mol. The normalized spacial score (nSPS) is 14.5.